The minimum absolute atomic E-state index is 0.239. The van der Waals surface area contributed by atoms with E-state index in [-0.39, 0.29) is 6.04 Å². The number of piperazine rings is 1. The van der Waals surface area contributed by atoms with Crippen LogP contribution < -0.4 is 15.5 Å². The van der Waals surface area contributed by atoms with Gasteiger partial charge in [-0.1, -0.05) is 6.07 Å². The number of nitrogens with two attached hydrogens (primary N) is 1. The Labute approximate surface area is 146 Å². The highest BCUT2D eigenvalue weighted by molar-refractivity contribution is 5.84. The van der Waals surface area contributed by atoms with E-state index in [0.29, 0.717) is 11.3 Å². The van der Waals surface area contributed by atoms with E-state index in [1.165, 1.54) is 6.33 Å². The molecular formula is C17H22N8. The SMILES string of the molecule is CC(C)n1c(N2CCN(c3ccccn3)CC2)nc2c(N)ncnc21. The lowest BCUT2D eigenvalue weighted by Crippen LogP contribution is -2.47. The van der Waals surface area contributed by atoms with Crippen molar-refractivity contribution in [3.8, 4) is 0 Å². The van der Waals surface area contributed by atoms with Crippen molar-refractivity contribution in [2.45, 2.75) is 19.9 Å². The van der Waals surface area contributed by atoms with Gasteiger partial charge in [0.15, 0.2) is 17.0 Å². The van der Waals surface area contributed by atoms with Crippen molar-refractivity contribution >= 4 is 28.7 Å². The molecule has 0 radical (unpaired) electrons. The first kappa shape index (κ1) is 15.6. The van der Waals surface area contributed by atoms with Gasteiger partial charge in [-0.25, -0.2) is 19.9 Å². The quantitative estimate of drug-likeness (QED) is 0.777. The third-order valence-electron chi connectivity index (χ3n) is 4.54. The lowest BCUT2D eigenvalue weighted by Gasteiger charge is -2.36. The third kappa shape index (κ3) is 2.73. The van der Waals surface area contributed by atoms with E-state index in [9.17, 15) is 0 Å². The fourth-order valence-corrected chi connectivity index (χ4v) is 3.29. The smallest absolute Gasteiger partial charge is 0.208 e. The molecule has 0 aromatic carbocycles. The summed E-state index contributed by atoms with van der Waals surface area (Å²) in [7, 11) is 0. The van der Waals surface area contributed by atoms with Crippen molar-refractivity contribution < 1.29 is 0 Å². The maximum Gasteiger partial charge on any atom is 0.208 e. The first-order valence-corrected chi connectivity index (χ1v) is 8.54. The fourth-order valence-electron chi connectivity index (χ4n) is 3.29. The van der Waals surface area contributed by atoms with Gasteiger partial charge in [-0.15, -0.1) is 0 Å². The minimum atomic E-state index is 0.239. The summed E-state index contributed by atoms with van der Waals surface area (Å²) in [5, 5.41) is 0. The second-order valence-electron chi connectivity index (χ2n) is 6.47. The average molecular weight is 338 g/mol. The summed E-state index contributed by atoms with van der Waals surface area (Å²) in [6.45, 7) is 7.82. The average Bonchev–Trinajstić information content (AvgIpc) is 3.04. The standard InChI is InChI=1S/C17H22N8/c1-12(2)25-16-14(15(18)20-11-21-16)22-17(25)24-9-7-23(8-10-24)13-5-3-4-6-19-13/h3-6,11-12H,7-10H2,1-2H3,(H2,18,20,21). The summed E-state index contributed by atoms with van der Waals surface area (Å²) in [5.74, 6) is 2.37. The minimum Gasteiger partial charge on any atom is -0.382 e. The van der Waals surface area contributed by atoms with Crippen molar-refractivity contribution in [3.05, 3.63) is 30.7 Å². The van der Waals surface area contributed by atoms with Crippen LogP contribution in [0.25, 0.3) is 11.2 Å². The van der Waals surface area contributed by atoms with Gasteiger partial charge in [0, 0.05) is 38.4 Å². The second-order valence-corrected chi connectivity index (χ2v) is 6.47. The van der Waals surface area contributed by atoms with Crippen LogP contribution in [0.4, 0.5) is 17.6 Å². The molecular weight excluding hydrogens is 316 g/mol. The summed E-state index contributed by atoms with van der Waals surface area (Å²) in [4.78, 5) is 22.3. The molecule has 3 aromatic rings. The van der Waals surface area contributed by atoms with Gasteiger partial charge in [-0.05, 0) is 26.0 Å². The van der Waals surface area contributed by atoms with E-state index in [0.717, 1.165) is 43.6 Å². The lowest BCUT2D eigenvalue weighted by molar-refractivity contribution is 0.572. The molecule has 0 atom stereocenters. The molecule has 25 heavy (non-hydrogen) atoms. The Morgan fingerprint density at radius 1 is 1.00 bits per heavy atom. The van der Waals surface area contributed by atoms with Crippen LogP contribution in [0.2, 0.25) is 0 Å². The number of fused-ring (bicyclic) bond motifs is 1. The Morgan fingerprint density at radius 2 is 1.76 bits per heavy atom. The molecule has 1 aliphatic rings. The Balaban J connectivity index is 1.63. The van der Waals surface area contributed by atoms with Crippen molar-refractivity contribution in [3.63, 3.8) is 0 Å². The van der Waals surface area contributed by atoms with E-state index >= 15 is 0 Å². The van der Waals surface area contributed by atoms with E-state index in [1.54, 1.807) is 0 Å². The summed E-state index contributed by atoms with van der Waals surface area (Å²) in [6, 6.07) is 6.25. The van der Waals surface area contributed by atoms with E-state index in [2.05, 4.69) is 49.2 Å². The highest BCUT2D eigenvalue weighted by Gasteiger charge is 2.25. The largest absolute Gasteiger partial charge is 0.382 e. The van der Waals surface area contributed by atoms with Crippen LogP contribution in [-0.4, -0.2) is 50.7 Å². The molecule has 0 bridgehead atoms. The van der Waals surface area contributed by atoms with Crippen LogP contribution >= 0.6 is 0 Å². The van der Waals surface area contributed by atoms with Crippen LogP contribution in [0.5, 0.6) is 0 Å². The molecule has 0 saturated carbocycles. The van der Waals surface area contributed by atoms with Crippen molar-refractivity contribution in [1.29, 1.82) is 0 Å². The van der Waals surface area contributed by atoms with Crippen LogP contribution in [0.3, 0.4) is 0 Å². The highest BCUT2D eigenvalue weighted by Crippen LogP contribution is 2.28. The number of hydrogen-bond acceptors (Lipinski definition) is 7. The number of anilines is 3. The summed E-state index contributed by atoms with van der Waals surface area (Å²) < 4.78 is 2.14. The molecule has 1 saturated heterocycles. The van der Waals surface area contributed by atoms with Gasteiger partial charge in [0.05, 0.1) is 0 Å². The Hall–Kier alpha value is -2.90. The molecule has 4 rings (SSSR count). The number of hydrogen-bond donors (Lipinski definition) is 1. The monoisotopic (exact) mass is 338 g/mol. The molecule has 8 heteroatoms. The first-order valence-electron chi connectivity index (χ1n) is 8.54. The molecule has 4 heterocycles. The molecule has 1 aliphatic heterocycles. The van der Waals surface area contributed by atoms with E-state index < -0.39 is 0 Å². The lowest BCUT2D eigenvalue weighted by atomic mass is 10.3. The number of imidazole rings is 1. The number of pyridine rings is 1. The molecule has 130 valence electrons. The molecule has 2 N–H and O–H groups in total. The Bertz CT molecular complexity index is 865. The van der Waals surface area contributed by atoms with E-state index in [1.807, 2.05) is 18.3 Å². The molecule has 0 aliphatic carbocycles. The number of nitrogens with zero attached hydrogens (tertiary/aromatic N) is 7. The Morgan fingerprint density at radius 3 is 2.44 bits per heavy atom. The zero-order chi connectivity index (χ0) is 17.4. The van der Waals surface area contributed by atoms with Crippen LogP contribution in [0, 0.1) is 0 Å². The molecule has 0 amide bonds. The van der Waals surface area contributed by atoms with Gasteiger partial charge in [0.25, 0.3) is 0 Å². The molecule has 8 nitrogen and oxygen atoms in total. The predicted octanol–water partition coefficient (Wildman–Crippen LogP) is 1.71. The van der Waals surface area contributed by atoms with Gasteiger partial charge in [-0.3, -0.25) is 4.57 Å². The highest BCUT2D eigenvalue weighted by atomic mass is 15.4. The van der Waals surface area contributed by atoms with Gasteiger partial charge in [0.2, 0.25) is 5.95 Å². The van der Waals surface area contributed by atoms with Crippen molar-refractivity contribution in [2.75, 3.05) is 41.7 Å². The zero-order valence-corrected chi connectivity index (χ0v) is 14.5. The van der Waals surface area contributed by atoms with Crippen molar-refractivity contribution in [1.82, 2.24) is 24.5 Å². The van der Waals surface area contributed by atoms with Crippen LogP contribution in [-0.2, 0) is 0 Å². The summed E-state index contributed by atoms with van der Waals surface area (Å²) in [5.41, 5.74) is 7.48. The molecule has 3 aromatic heterocycles. The van der Waals surface area contributed by atoms with Gasteiger partial charge in [0.1, 0.15) is 12.1 Å². The number of nitrogen functional groups attached to an aromatic ring is 1. The molecule has 0 spiro atoms. The Kier molecular flexibility index (Phi) is 3.87. The molecule has 1 fully saturated rings. The predicted molar refractivity (Wildman–Crippen MR) is 98.8 cm³/mol. The van der Waals surface area contributed by atoms with Crippen LogP contribution in [0.15, 0.2) is 30.7 Å². The topological polar surface area (TPSA) is 89.0 Å². The van der Waals surface area contributed by atoms with Gasteiger partial charge in [-0.2, -0.15) is 0 Å². The zero-order valence-electron chi connectivity index (χ0n) is 14.5. The fraction of sp³-hybridized carbons (Fsp3) is 0.412. The van der Waals surface area contributed by atoms with Gasteiger partial charge < -0.3 is 15.5 Å². The van der Waals surface area contributed by atoms with Crippen LogP contribution in [0.1, 0.15) is 19.9 Å². The van der Waals surface area contributed by atoms with E-state index in [4.69, 9.17) is 10.7 Å². The summed E-state index contributed by atoms with van der Waals surface area (Å²) in [6.07, 6.45) is 3.34. The van der Waals surface area contributed by atoms with Crippen molar-refractivity contribution in [2.24, 2.45) is 0 Å². The molecule has 0 unspecified atom stereocenters. The number of aromatic nitrogens is 5. The normalized spacial score (nSPS) is 15.3. The maximum atomic E-state index is 6.00. The number of rotatable bonds is 3. The van der Waals surface area contributed by atoms with Gasteiger partial charge >= 0.3 is 0 Å². The third-order valence-corrected chi connectivity index (χ3v) is 4.54. The maximum absolute atomic E-state index is 6.00. The first-order chi connectivity index (χ1) is 12.1. The second kappa shape index (κ2) is 6.19. The summed E-state index contributed by atoms with van der Waals surface area (Å²) >= 11 is 0.